The van der Waals surface area contributed by atoms with Crippen LogP contribution in [0.1, 0.15) is 240 Å². The molecule has 2 aromatic rings. The lowest BCUT2D eigenvalue weighted by molar-refractivity contribution is 0.0488. The van der Waals surface area contributed by atoms with Gasteiger partial charge in [-0.3, -0.25) is 0 Å². The van der Waals surface area contributed by atoms with Crippen LogP contribution in [0.25, 0.3) is 0 Å². The number of aromatic hydroxyl groups is 2. The molecule has 0 heterocycles. The summed E-state index contributed by atoms with van der Waals surface area (Å²) in [6.07, 6.45) is 41.4. The maximum absolute atomic E-state index is 12.8. The first-order valence-electron chi connectivity index (χ1n) is 23.6. The first-order chi connectivity index (χ1) is 28.0. The average molecular weight is 811 g/mol. The molecule has 0 radical (unpaired) electrons. The van der Waals surface area contributed by atoms with E-state index < -0.39 is 11.9 Å². The van der Waals surface area contributed by atoms with Crippen molar-refractivity contribution < 1.29 is 29.3 Å². The number of benzene rings is 2. The van der Waals surface area contributed by atoms with Crippen molar-refractivity contribution in [1.29, 1.82) is 0 Å². The van der Waals surface area contributed by atoms with E-state index >= 15 is 0 Å². The normalized spacial score (nSPS) is 11.3. The van der Waals surface area contributed by atoms with Crippen molar-refractivity contribution >= 4 is 23.7 Å². The number of rotatable bonds is 38. The fraction of sp³-hybridized carbons (Fsp3) is 0.720. The van der Waals surface area contributed by atoms with Gasteiger partial charge in [0.15, 0.2) is 0 Å². The molecule has 0 spiro atoms. The number of carbonyl (C=O) groups excluding carboxylic acids is 2. The second-order valence-electron chi connectivity index (χ2n) is 16.3. The molecule has 0 unspecified atom stereocenters. The van der Waals surface area contributed by atoms with Crippen LogP contribution in [-0.2, 0) is 9.47 Å². The zero-order chi connectivity index (χ0) is 41.0. The van der Waals surface area contributed by atoms with Crippen molar-refractivity contribution in [2.24, 2.45) is 0 Å². The third-order valence-electron chi connectivity index (χ3n) is 11.1. The Morgan fingerprint density at radius 2 is 0.649 bits per heavy atom. The Morgan fingerprint density at radius 3 is 0.912 bits per heavy atom. The number of phenolic OH excluding ortho intramolecular Hbond substituents is 2. The molecule has 0 atom stereocenters. The van der Waals surface area contributed by atoms with E-state index in [-0.39, 0.29) is 11.5 Å². The van der Waals surface area contributed by atoms with E-state index in [1.54, 1.807) is 24.3 Å². The number of unbranched alkanes of at least 4 members (excludes halogenated alkanes) is 30. The van der Waals surface area contributed by atoms with Gasteiger partial charge in [-0.05, 0) is 49.2 Å². The fourth-order valence-electron chi connectivity index (χ4n) is 7.36. The molecule has 57 heavy (non-hydrogen) atoms. The van der Waals surface area contributed by atoms with Crippen molar-refractivity contribution in [2.75, 3.05) is 13.2 Å². The van der Waals surface area contributed by atoms with Crippen LogP contribution in [0.5, 0.6) is 11.5 Å². The van der Waals surface area contributed by atoms with Crippen LogP contribution in [0, 0.1) is 0 Å². The molecule has 0 bridgehead atoms. The third kappa shape index (κ3) is 26.1. The number of hydrogen-bond donors (Lipinski definition) is 2. The summed E-state index contributed by atoms with van der Waals surface area (Å²) in [7, 11) is 0. The molecule has 0 saturated heterocycles. The van der Waals surface area contributed by atoms with E-state index in [9.17, 15) is 19.8 Å². The van der Waals surface area contributed by atoms with E-state index in [0.29, 0.717) is 34.1 Å². The predicted molar refractivity (Wildman–Crippen MR) is 240 cm³/mol. The van der Waals surface area contributed by atoms with E-state index in [2.05, 4.69) is 13.8 Å². The van der Waals surface area contributed by atoms with E-state index in [0.717, 1.165) is 50.3 Å². The molecule has 0 fully saturated rings. The minimum absolute atomic E-state index is 0.0229. The van der Waals surface area contributed by atoms with Gasteiger partial charge in [-0.25, -0.2) is 9.59 Å². The second-order valence-corrected chi connectivity index (χ2v) is 17.4. The lowest BCUT2D eigenvalue weighted by Gasteiger charge is -2.11. The third-order valence-corrected chi connectivity index (χ3v) is 12.2. The molecule has 0 aliphatic rings. The second kappa shape index (κ2) is 35.3. The summed E-state index contributed by atoms with van der Waals surface area (Å²) < 4.78 is 11.1. The topological polar surface area (TPSA) is 93.1 Å². The van der Waals surface area contributed by atoms with Crippen LogP contribution in [0.2, 0.25) is 0 Å². The molecular weight excluding hydrogens is 729 g/mol. The molecule has 2 rings (SSSR count). The van der Waals surface area contributed by atoms with Crippen LogP contribution in [0.3, 0.4) is 0 Å². The van der Waals surface area contributed by atoms with Gasteiger partial charge < -0.3 is 19.7 Å². The van der Waals surface area contributed by atoms with E-state index in [4.69, 9.17) is 9.47 Å². The highest BCUT2D eigenvalue weighted by Gasteiger charge is 2.16. The van der Waals surface area contributed by atoms with Crippen molar-refractivity contribution in [2.45, 2.75) is 229 Å². The number of ether oxygens (including phenoxy) is 2. The van der Waals surface area contributed by atoms with Crippen LogP contribution in [-0.4, -0.2) is 35.4 Å². The zero-order valence-corrected chi connectivity index (χ0v) is 37.3. The Balaban J connectivity index is 1.56. The molecule has 0 saturated carbocycles. The molecular formula is C50H82O6S. The summed E-state index contributed by atoms with van der Waals surface area (Å²) >= 11 is 1.09. The van der Waals surface area contributed by atoms with Gasteiger partial charge in [-0.1, -0.05) is 218 Å². The first-order valence-corrected chi connectivity index (χ1v) is 24.5. The quantitative estimate of drug-likeness (QED) is 0.0515. The molecule has 0 aliphatic carbocycles. The van der Waals surface area contributed by atoms with Gasteiger partial charge in [0.05, 0.1) is 34.1 Å². The zero-order valence-electron chi connectivity index (χ0n) is 36.4. The van der Waals surface area contributed by atoms with Crippen LogP contribution < -0.4 is 0 Å². The highest BCUT2D eigenvalue weighted by atomic mass is 32.2. The van der Waals surface area contributed by atoms with Crippen LogP contribution in [0.4, 0.5) is 0 Å². The number of hydrogen-bond acceptors (Lipinski definition) is 7. The molecule has 0 amide bonds. The number of esters is 2. The Bertz CT molecular complexity index is 1200. The highest BCUT2D eigenvalue weighted by Crippen LogP contribution is 2.40. The van der Waals surface area contributed by atoms with Gasteiger partial charge in [0.25, 0.3) is 0 Å². The smallest absolute Gasteiger partial charge is 0.338 e. The largest absolute Gasteiger partial charge is 0.507 e. The van der Waals surface area contributed by atoms with Crippen molar-refractivity contribution in [3.8, 4) is 11.5 Å². The van der Waals surface area contributed by atoms with Crippen molar-refractivity contribution in [1.82, 2.24) is 0 Å². The minimum atomic E-state index is -0.437. The molecule has 7 heteroatoms. The lowest BCUT2D eigenvalue weighted by atomic mass is 10.0. The first kappa shape index (κ1) is 50.5. The van der Waals surface area contributed by atoms with E-state index in [1.165, 1.54) is 179 Å². The van der Waals surface area contributed by atoms with Gasteiger partial charge in [0.2, 0.25) is 0 Å². The molecule has 324 valence electrons. The van der Waals surface area contributed by atoms with Gasteiger partial charge in [0.1, 0.15) is 11.5 Å². The van der Waals surface area contributed by atoms with E-state index in [1.807, 2.05) is 0 Å². The van der Waals surface area contributed by atoms with Gasteiger partial charge in [-0.2, -0.15) is 0 Å². The summed E-state index contributed by atoms with van der Waals surface area (Å²) in [5.41, 5.74) is 0.668. The molecule has 0 aliphatic heterocycles. The summed E-state index contributed by atoms with van der Waals surface area (Å²) in [6.45, 7) is 5.28. The lowest BCUT2D eigenvalue weighted by Crippen LogP contribution is -2.07. The Kier molecular flexibility index (Phi) is 31.2. The standard InChI is InChI=1S/C50H82O6S/c1-3-5-7-9-11-13-15-17-19-21-23-25-27-29-31-33-39-55-49(53)43-35-37-45(51)47(41-43)57-48-42-44(36-38-46(48)52)50(54)56-40-34-32-30-28-26-24-22-20-18-16-14-12-10-8-6-4-2/h35-38,41-42,51-52H,3-34,39-40H2,1-2H3. The predicted octanol–water partition coefficient (Wildman–Crippen LogP) is 16.1. The van der Waals surface area contributed by atoms with Crippen LogP contribution in [0.15, 0.2) is 46.2 Å². The van der Waals surface area contributed by atoms with Gasteiger partial charge in [-0.15, -0.1) is 0 Å². The van der Waals surface area contributed by atoms with Crippen molar-refractivity contribution in [3.63, 3.8) is 0 Å². The van der Waals surface area contributed by atoms with Gasteiger partial charge in [0, 0.05) is 0 Å². The monoisotopic (exact) mass is 811 g/mol. The van der Waals surface area contributed by atoms with Crippen LogP contribution >= 0.6 is 11.8 Å². The summed E-state index contributed by atoms with van der Waals surface area (Å²) in [5.74, 6) is -0.919. The van der Waals surface area contributed by atoms with Crippen molar-refractivity contribution in [3.05, 3.63) is 47.5 Å². The summed E-state index contributed by atoms with van der Waals surface area (Å²) in [4.78, 5) is 26.4. The van der Waals surface area contributed by atoms with Gasteiger partial charge >= 0.3 is 11.9 Å². The summed E-state index contributed by atoms with van der Waals surface area (Å²) in [6, 6.07) is 9.14. The highest BCUT2D eigenvalue weighted by molar-refractivity contribution is 7.99. The minimum Gasteiger partial charge on any atom is -0.507 e. The SMILES string of the molecule is CCCCCCCCCCCCCCCCCCOC(=O)c1ccc(O)c(Sc2cc(C(=O)OCCCCCCCCCCCCCCCCCC)ccc2O)c1. The molecule has 2 aromatic carbocycles. The number of phenols is 2. The molecule has 2 N–H and O–H groups in total. The molecule has 6 nitrogen and oxygen atoms in total. The Labute approximate surface area is 353 Å². The Hall–Kier alpha value is -2.67. The maximum Gasteiger partial charge on any atom is 0.338 e. The fourth-order valence-corrected chi connectivity index (χ4v) is 8.31. The average Bonchev–Trinajstić information content (AvgIpc) is 3.21. The summed E-state index contributed by atoms with van der Waals surface area (Å²) in [5, 5.41) is 21.1. The maximum atomic E-state index is 12.8. The molecule has 0 aromatic heterocycles. The number of carbonyl (C=O) groups is 2. The Morgan fingerprint density at radius 1 is 0.404 bits per heavy atom.